The van der Waals surface area contributed by atoms with Crippen LogP contribution in [0.1, 0.15) is 13.3 Å². The van der Waals surface area contributed by atoms with Crippen molar-refractivity contribution in [3.63, 3.8) is 0 Å². The van der Waals surface area contributed by atoms with Crippen LogP contribution in [0.25, 0.3) is 0 Å². The molecule has 0 aromatic carbocycles. The lowest BCUT2D eigenvalue weighted by Crippen LogP contribution is -2.45. The van der Waals surface area contributed by atoms with Crippen molar-refractivity contribution in [1.82, 2.24) is 0 Å². The molecule has 0 aromatic heterocycles. The smallest absolute Gasteiger partial charge is 0.398 e. The van der Waals surface area contributed by atoms with E-state index in [1.807, 2.05) is 0 Å². The van der Waals surface area contributed by atoms with E-state index in [4.69, 9.17) is 4.55 Å². The largest absolute Gasteiger partial charge is 0.466 e. The Morgan fingerprint density at radius 3 is 2.00 bits per heavy atom. The lowest BCUT2D eigenvalue weighted by molar-refractivity contribution is -0.223. The summed E-state index contributed by atoms with van der Waals surface area (Å²) in [7, 11) is -6.23. The zero-order valence-corrected chi connectivity index (χ0v) is 9.69. The molecule has 0 rings (SSSR count). The van der Waals surface area contributed by atoms with Gasteiger partial charge in [-0.1, -0.05) is 0 Å². The number of carbonyl (C=O) groups excluding carboxylic acids is 1. The fourth-order valence-electron chi connectivity index (χ4n) is 1.02. The second-order valence-corrected chi connectivity index (χ2v) is 4.75. The van der Waals surface area contributed by atoms with Crippen molar-refractivity contribution in [2.24, 2.45) is 5.92 Å². The van der Waals surface area contributed by atoms with E-state index in [9.17, 15) is 35.2 Å². The number of halogens is 5. The van der Waals surface area contributed by atoms with E-state index in [0.29, 0.717) is 0 Å². The topological polar surface area (TPSA) is 80.7 Å². The molecule has 0 aliphatic rings. The molecule has 0 aliphatic carbocycles. The van der Waals surface area contributed by atoms with E-state index in [0.717, 1.165) is 6.92 Å². The SMILES string of the molecule is CC(=O)OCCC(C(F)(F)F)C(F)(F)S(=O)(=O)O. The van der Waals surface area contributed by atoms with Gasteiger partial charge in [0.25, 0.3) is 0 Å². The lowest BCUT2D eigenvalue weighted by atomic mass is 10.1. The minimum absolute atomic E-state index is 0.837. The van der Waals surface area contributed by atoms with Gasteiger partial charge in [-0.15, -0.1) is 0 Å². The van der Waals surface area contributed by atoms with Crippen LogP contribution in [0, 0.1) is 5.92 Å². The number of hydrogen-bond donors (Lipinski definition) is 1. The Labute approximate surface area is 98.7 Å². The third-order valence-electron chi connectivity index (χ3n) is 1.86. The molecule has 0 heterocycles. The highest BCUT2D eigenvalue weighted by molar-refractivity contribution is 7.86. The molecule has 108 valence electrons. The maximum atomic E-state index is 12.9. The van der Waals surface area contributed by atoms with Gasteiger partial charge in [-0.25, -0.2) is 0 Å². The average Bonchev–Trinajstić information content (AvgIpc) is 2.07. The fraction of sp³-hybridized carbons (Fsp3) is 0.857. The molecular weight excluding hydrogens is 291 g/mol. The van der Waals surface area contributed by atoms with Crippen molar-refractivity contribution in [2.45, 2.75) is 24.8 Å². The maximum absolute atomic E-state index is 12.9. The Hall–Kier alpha value is -0.970. The Kier molecular flexibility index (Phi) is 5.06. The number of rotatable bonds is 5. The van der Waals surface area contributed by atoms with E-state index in [-0.39, 0.29) is 0 Å². The summed E-state index contributed by atoms with van der Waals surface area (Å²) in [5, 5.41) is -5.41. The van der Waals surface area contributed by atoms with Gasteiger partial charge < -0.3 is 4.74 Å². The first-order chi connectivity index (χ1) is 7.80. The first-order valence-electron chi connectivity index (χ1n) is 4.35. The number of hydrogen-bond acceptors (Lipinski definition) is 4. The Balaban J connectivity index is 5.09. The van der Waals surface area contributed by atoms with Crippen molar-refractivity contribution in [3.05, 3.63) is 0 Å². The molecule has 0 saturated carbocycles. The molecule has 1 unspecified atom stereocenters. The minimum atomic E-state index is -6.23. The van der Waals surface area contributed by atoms with Gasteiger partial charge in [0.1, 0.15) is 5.92 Å². The monoisotopic (exact) mass is 300 g/mol. The molecule has 0 amide bonds. The third-order valence-corrected chi connectivity index (χ3v) is 2.83. The molecule has 5 nitrogen and oxygen atoms in total. The molecule has 1 N–H and O–H groups in total. The molecule has 0 fully saturated rings. The Morgan fingerprint density at radius 1 is 1.28 bits per heavy atom. The van der Waals surface area contributed by atoms with Gasteiger partial charge >= 0.3 is 27.5 Å². The van der Waals surface area contributed by atoms with Gasteiger partial charge in [0.2, 0.25) is 0 Å². The Bertz CT molecular complexity index is 401. The van der Waals surface area contributed by atoms with Crippen LogP contribution in [-0.2, 0) is 19.6 Å². The summed E-state index contributed by atoms with van der Waals surface area (Å²) in [6.07, 6.45) is -7.07. The number of esters is 1. The predicted octanol–water partition coefficient (Wildman–Crippen LogP) is 1.60. The molecule has 0 aromatic rings. The number of ether oxygens (including phenoxy) is 1. The van der Waals surface area contributed by atoms with Crippen molar-refractivity contribution in [2.75, 3.05) is 6.61 Å². The average molecular weight is 300 g/mol. The summed E-state index contributed by atoms with van der Waals surface area (Å²) in [5.41, 5.74) is 0. The van der Waals surface area contributed by atoms with Crippen LogP contribution >= 0.6 is 0 Å². The van der Waals surface area contributed by atoms with Crippen LogP contribution in [0.4, 0.5) is 22.0 Å². The van der Waals surface area contributed by atoms with Crippen LogP contribution in [0.3, 0.4) is 0 Å². The van der Waals surface area contributed by atoms with Crippen molar-refractivity contribution < 1.29 is 44.5 Å². The third kappa shape index (κ3) is 4.37. The van der Waals surface area contributed by atoms with Crippen LogP contribution in [0.5, 0.6) is 0 Å². The highest BCUT2D eigenvalue weighted by atomic mass is 32.2. The molecule has 0 aliphatic heterocycles. The van der Waals surface area contributed by atoms with Gasteiger partial charge in [0, 0.05) is 13.3 Å². The first kappa shape index (κ1) is 17.0. The van der Waals surface area contributed by atoms with Gasteiger partial charge in [-0.05, 0) is 0 Å². The molecule has 0 radical (unpaired) electrons. The molecule has 11 heteroatoms. The normalized spacial score (nSPS) is 15.3. The summed E-state index contributed by atoms with van der Waals surface area (Å²) in [4.78, 5) is 10.3. The molecule has 1 atom stereocenters. The highest BCUT2D eigenvalue weighted by Gasteiger charge is 2.62. The van der Waals surface area contributed by atoms with Gasteiger partial charge in [0.15, 0.2) is 0 Å². The second kappa shape index (κ2) is 5.34. The van der Waals surface area contributed by atoms with Crippen molar-refractivity contribution >= 4 is 16.1 Å². The van der Waals surface area contributed by atoms with E-state index in [1.165, 1.54) is 0 Å². The van der Waals surface area contributed by atoms with E-state index < -0.39 is 46.5 Å². The summed E-state index contributed by atoms with van der Waals surface area (Å²) < 4.78 is 95.3. The molecule has 0 bridgehead atoms. The van der Waals surface area contributed by atoms with Crippen molar-refractivity contribution in [3.8, 4) is 0 Å². The summed E-state index contributed by atoms with van der Waals surface area (Å²) in [6.45, 7) is -0.214. The number of alkyl halides is 5. The molecular formula is C7H9F5O5S. The van der Waals surface area contributed by atoms with Crippen LogP contribution in [0.2, 0.25) is 0 Å². The van der Waals surface area contributed by atoms with Gasteiger partial charge in [-0.3, -0.25) is 9.35 Å². The molecule has 0 spiro atoms. The summed E-state index contributed by atoms with van der Waals surface area (Å²) in [6, 6.07) is 0. The zero-order valence-electron chi connectivity index (χ0n) is 8.87. The van der Waals surface area contributed by atoms with E-state index in [2.05, 4.69) is 4.74 Å². The van der Waals surface area contributed by atoms with Gasteiger partial charge in [-0.2, -0.15) is 30.4 Å². The van der Waals surface area contributed by atoms with Crippen LogP contribution in [0.15, 0.2) is 0 Å². The summed E-state index contributed by atoms with van der Waals surface area (Å²) >= 11 is 0. The maximum Gasteiger partial charge on any atom is 0.398 e. The second-order valence-electron chi connectivity index (χ2n) is 3.26. The van der Waals surface area contributed by atoms with Crippen LogP contribution in [-0.4, -0.2) is 37.0 Å². The molecule has 18 heavy (non-hydrogen) atoms. The summed E-state index contributed by atoms with van der Waals surface area (Å²) in [5.74, 6) is -4.68. The first-order valence-corrected chi connectivity index (χ1v) is 5.79. The van der Waals surface area contributed by atoms with Gasteiger partial charge in [0.05, 0.1) is 6.61 Å². The van der Waals surface area contributed by atoms with E-state index >= 15 is 0 Å². The van der Waals surface area contributed by atoms with Crippen molar-refractivity contribution in [1.29, 1.82) is 0 Å². The van der Waals surface area contributed by atoms with Crippen LogP contribution < -0.4 is 0 Å². The molecule has 0 saturated heterocycles. The Morgan fingerprint density at radius 2 is 1.72 bits per heavy atom. The highest BCUT2D eigenvalue weighted by Crippen LogP contribution is 2.43. The standard InChI is InChI=1S/C7H9F5O5S/c1-4(13)17-3-2-5(6(8,9)10)7(11,12)18(14,15)16/h5H,2-3H2,1H3,(H,14,15,16). The number of carbonyl (C=O) groups is 1. The quantitative estimate of drug-likeness (QED) is 0.474. The predicted molar refractivity (Wildman–Crippen MR) is 47.3 cm³/mol. The van der Waals surface area contributed by atoms with E-state index in [1.54, 1.807) is 0 Å². The lowest BCUT2D eigenvalue weighted by Gasteiger charge is -2.26. The minimum Gasteiger partial charge on any atom is -0.466 e. The fourth-order valence-corrected chi connectivity index (χ4v) is 1.63. The zero-order chi connectivity index (χ0) is 14.8.